The Morgan fingerprint density at radius 2 is 1.90 bits per heavy atom. The van der Waals surface area contributed by atoms with E-state index in [2.05, 4.69) is 11.9 Å². The SMILES string of the molecule is CN1C2C[I-]C1CC(OC(=O)C(CO)(Cc1ccc(O)cc1)c1ccccc1)C2. The van der Waals surface area contributed by atoms with E-state index in [1.165, 1.54) is 4.43 Å². The van der Waals surface area contributed by atoms with Gasteiger partial charge in [-0.15, -0.1) is 0 Å². The summed E-state index contributed by atoms with van der Waals surface area (Å²) < 4.78 is 7.92. The molecule has 4 rings (SSSR count). The molecule has 2 aliphatic rings. The van der Waals surface area contributed by atoms with Gasteiger partial charge in [0.2, 0.25) is 0 Å². The van der Waals surface area contributed by atoms with E-state index in [0.717, 1.165) is 24.0 Å². The Bertz CT molecular complexity index is 830. The van der Waals surface area contributed by atoms with Crippen LogP contribution in [-0.4, -0.2) is 55.4 Å². The van der Waals surface area contributed by atoms with E-state index in [1.807, 2.05) is 30.3 Å². The number of alkyl halides is 2. The predicted octanol–water partition coefficient (Wildman–Crippen LogP) is -0.700. The monoisotopic (exact) mass is 508 g/mol. The van der Waals surface area contributed by atoms with Crippen molar-refractivity contribution in [3.8, 4) is 5.75 Å². The van der Waals surface area contributed by atoms with E-state index >= 15 is 0 Å². The van der Waals surface area contributed by atoms with Crippen LogP contribution in [0.3, 0.4) is 0 Å². The zero-order valence-corrected chi connectivity index (χ0v) is 18.7. The number of phenolic OH excluding ortho intramolecular Hbond substituents is 1. The summed E-state index contributed by atoms with van der Waals surface area (Å²) in [6.45, 7) is -0.330. The fraction of sp³-hybridized carbons (Fsp3) is 0.435. The van der Waals surface area contributed by atoms with Gasteiger partial charge >= 0.3 is 182 Å². The fourth-order valence-electron chi connectivity index (χ4n) is 4.31. The summed E-state index contributed by atoms with van der Waals surface area (Å²) in [5, 5.41) is 20.0. The molecular weight excluding hydrogens is 481 g/mol. The van der Waals surface area contributed by atoms with Crippen molar-refractivity contribution in [1.82, 2.24) is 4.90 Å². The Kier molecular flexibility index (Phi) is 6.13. The van der Waals surface area contributed by atoms with E-state index in [-0.39, 0.29) is 45.6 Å². The molecule has 5 nitrogen and oxygen atoms in total. The number of esters is 1. The van der Waals surface area contributed by atoms with Gasteiger partial charge in [-0.1, -0.05) is 0 Å². The third-order valence-electron chi connectivity index (χ3n) is 6.16. The number of nitrogens with zero attached hydrogens (tertiary/aromatic N) is 1. The molecule has 0 spiro atoms. The van der Waals surface area contributed by atoms with Crippen LogP contribution in [0.1, 0.15) is 24.0 Å². The van der Waals surface area contributed by atoms with Crippen molar-refractivity contribution in [2.24, 2.45) is 0 Å². The summed E-state index contributed by atoms with van der Waals surface area (Å²) in [5.74, 6) is -0.179. The van der Waals surface area contributed by atoms with Crippen molar-refractivity contribution < 1.29 is 40.9 Å². The van der Waals surface area contributed by atoms with E-state index in [1.54, 1.807) is 24.3 Å². The van der Waals surface area contributed by atoms with Crippen molar-refractivity contribution in [2.75, 3.05) is 18.1 Å². The van der Waals surface area contributed by atoms with Gasteiger partial charge in [-0.25, -0.2) is 0 Å². The molecule has 0 saturated carbocycles. The van der Waals surface area contributed by atoms with Crippen molar-refractivity contribution >= 4 is 5.97 Å². The van der Waals surface area contributed by atoms with Crippen LogP contribution in [0.4, 0.5) is 0 Å². The molecule has 156 valence electrons. The molecule has 29 heavy (non-hydrogen) atoms. The van der Waals surface area contributed by atoms with Crippen LogP contribution in [0.2, 0.25) is 0 Å². The molecule has 4 atom stereocenters. The third-order valence-corrected chi connectivity index (χ3v) is 10.1. The van der Waals surface area contributed by atoms with Crippen LogP contribution < -0.4 is 21.2 Å². The molecule has 2 N–H and O–H groups in total. The van der Waals surface area contributed by atoms with Crippen LogP contribution in [0.15, 0.2) is 54.6 Å². The standard InChI is InChI=1S/C23H27INO4/c1-25-18-11-20(12-21(25)24-14-18)29-22(28)23(15-26,17-5-3-2-4-6-17)13-16-7-9-19(27)10-8-16/h2-10,18,20-21,26-27H,11-15H2,1H3/q-1. The van der Waals surface area contributed by atoms with Gasteiger partial charge in [0, 0.05) is 0 Å². The van der Waals surface area contributed by atoms with Gasteiger partial charge < -0.3 is 0 Å². The predicted molar refractivity (Wildman–Crippen MR) is 106 cm³/mol. The number of carbonyl (C=O) groups is 1. The molecule has 2 aromatic carbocycles. The number of fused-ring (bicyclic) bond motifs is 2. The summed E-state index contributed by atoms with van der Waals surface area (Å²) in [7, 11) is 2.19. The number of carbonyl (C=O) groups excluding carboxylic acids is 1. The first kappa shape index (κ1) is 20.6. The summed E-state index contributed by atoms with van der Waals surface area (Å²) in [5.41, 5.74) is 0.464. The van der Waals surface area contributed by atoms with Crippen LogP contribution in [0.5, 0.6) is 5.75 Å². The topological polar surface area (TPSA) is 70.0 Å². The third kappa shape index (κ3) is 4.15. The van der Waals surface area contributed by atoms with Crippen LogP contribution >= 0.6 is 0 Å². The molecule has 2 heterocycles. The molecule has 0 amide bonds. The number of aromatic hydroxyl groups is 1. The van der Waals surface area contributed by atoms with Gasteiger partial charge in [-0.3, -0.25) is 0 Å². The average molecular weight is 508 g/mol. The number of rotatable bonds is 6. The Morgan fingerprint density at radius 3 is 2.55 bits per heavy atom. The number of aliphatic hydroxyl groups is 1. The minimum absolute atomic E-state index is 0.0784. The van der Waals surface area contributed by atoms with Gasteiger partial charge in [-0.2, -0.15) is 0 Å². The number of benzene rings is 2. The van der Waals surface area contributed by atoms with Crippen LogP contribution in [0.25, 0.3) is 0 Å². The molecule has 0 radical (unpaired) electrons. The maximum absolute atomic E-state index is 13.5. The summed E-state index contributed by atoms with van der Waals surface area (Å²) >= 11 is 0.146. The Balaban J connectivity index is 1.60. The number of aliphatic hydroxyl groups excluding tert-OH is 1. The van der Waals surface area contributed by atoms with E-state index < -0.39 is 5.41 Å². The molecular formula is C23H27INO4-. The molecule has 0 aromatic heterocycles. The molecule has 2 aromatic rings. The molecule has 0 aliphatic carbocycles. The molecule has 2 fully saturated rings. The normalized spacial score (nSPS) is 26.3. The number of halogens is 1. The van der Waals surface area contributed by atoms with Crippen LogP contribution in [0, 0.1) is 0 Å². The van der Waals surface area contributed by atoms with Crippen molar-refractivity contribution in [1.29, 1.82) is 0 Å². The first-order valence-corrected chi connectivity index (χ1v) is 12.7. The molecule has 2 aliphatic heterocycles. The van der Waals surface area contributed by atoms with Gasteiger partial charge in [0.1, 0.15) is 0 Å². The Morgan fingerprint density at radius 1 is 1.17 bits per heavy atom. The van der Waals surface area contributed by atoms with E-state index in [0.29, 0.717) is 16.5 Å². The van der Waals surface area contributed by atoms with Gasteiger partial charge in [0.25, 0.3) is 0 Å². The Hall–Kier alpha value is -1.64. The second-order valence-electron chi connectivity index (χ2n) is 8.01. The summed E-state index contributed by atoms with van der Waals surface area (Å²) in [4.78, 5) is 16.0. The molecule has 6 heteroatoms. The molecule has 2 saturated heterocycles. The molecule has 2 bridgehead atoms. The number of ether oxygens (including phenoxy) is 1. The first-order valence-electron chi connectivity index (χ1n) is 9.97. The summed E-state index contributed by atoms with van der Waals surface area (Å²) in [6, 6.07) is 16.7. The van der Waals surface area contributed by atoms with Crippen molar-refractivity contribution in [2.45, 2.75) is 40.9 Å². The first-order chi connectivity index (χ1) is 14.0. The van der Waals surface area contributed by atoms with Gasteiger partial charge in [0.15, 0.2) is 0 Å². The van der Waals surface area contributed by atoms with Crippen LogP contribution in [-0.2, 0) is 21.4 Å². The van der Waals surface area contributed by atoms with E-state index in [4.69, 9.17) is 4.74 Å². The number of phenols is 1. The number of piperidine rings is 1. The minimum atomic E-state index is -1.16. The average Bonchev–Trinajstić information content (AvgIpc) is 2.94. The summed E-state index contributed by atoms with van der Waals surface area (Å²) in [6.07, 6.45) is 2.03. The zero-order chi connectivity index (χ0) is 20.4. The van der Waals surface area contributed by atoms with Crippen molar-refractivity contribution in [3.05, 3.63) is 65.7 Å². The quantitative estimate of drug-likeness (QED) is 0.234. The number of hydrogen-bond acceptors (Lipinski definition) is 5. The fourth-order valence-corrected chi connectivity index (χ4v) is 8.47. The van der Waals surface area contributed by atoms with Crippen molar-refractivity contribution in [3.63, 3.8) is 0 Å². The van der Waals surface area contributed by atoms with Gasteiger partial charge in [0.05, 0.1) is 0 Å². The second kappa shape index (κ2) is 8.62. The number of hydrogen-bond donors (Lipinski definition) is 2. The molecule has 4 unspecified atom stereocenters. The second-order valence-corrected chi connectivity index (χ2v) is 11.2. The zero-order valence-electron chi connectivity index (χ0n) is 16.5. The maximum atomic E-state index is 13.5. The van der Waals surface area contributed by atoms with E-state index in [9.17, 15) is 15.0 Å². The Labute approximate surface area is 182 Å². The van der Waals surface area contributed by atoms with Gasteiger partial charge in [-0.05, 0) is 0 Å².